The molecule has 0 aliphatic carbocycles. The highest BCUT2D eigenvalue weighted by atomic mass is 15.2. The van der Waals surface area contributed by atoms with Gasteiger partial charge in [-0.2, -0.15) is 0 Å². The van der Waals surface area contributed by atoms with E-state index in [1.54, 1.807) is 0 Å². The molecule has 2 rings (SSSR count). The molecule has 82 valence electrons. The molecule has 1 fully saturated rings. The Balaban J connectivity index is 2.11. The number of pyridine rings is 1. The van der Waals surface area contributed by atoms with Crippen LogP contribution in [-0.2, 0) is 0 Å². The predicted octanol–water partition coefficient (Wildman–Crippen LogP) is 3.02. The summed E-state index contributed by atoms with van der Waals surface area (Å²) >= 11 is 0. The minimum atomic E-state index is 0.640. The van der Waals surface area contributed by atoms with Gasteiger partial charge in [-0.1, -0.05) is 13.3 Å². The molecule has 1 atom stereocenters. The Morgan fingerprint density at radius 2 is 2.13 bits per heavy atom. The van der Waals surface area contributed by atoms with Gasteiger partial charge in [0.05, 0.1) is 0 Å². The zero-order valence-corrected chi connectivity index (χ0v) is 9.52. The van der Waals surface area contributed by atoms with Gasteiger partial charge in [-0.05, 0) is 50.0 Å². The van der Waals surface area contributed by atoms with Crippen LogP contribution in [0.1, 0.15) is 44.2 Å². The normalized spacial score (nSPS) is 22.9. The number of hydrogen-bond donors (Lipinski definition) is 0. The smallest absolute Gasteiger partial charge is 0.0349 e. The molecule has 2 heteroatoms. The fraction of sp³-hybridized carbons (Fsp3) is 0.615. The van der Waals surface area contributed by atoms with Crippen LogP contribution in [0.5, 0.6) is 0 Å². The average molecular weight is 204 g/mol. The SMILES string of the molecule is CCCN1CCCC[C@@H]1c1ccncc1. The molecule has 2 heterocycles. The fourth-order valence-electron chi connectivity index (χ4n) is 2.51. The first kappa shape index (κ1) is 10.6. The Morgan fingerprint density at radius 3 is 2.87 bits per heavy atom. The number of piperidine rings is 1. The second-order valence-corrected chi connectivity index (χ2v) is 4.33. The Labute approximate surface area is 92.3 Å². The molecule has 0 spiro atoms. The van der Waals surface area contributed by atoms with E-state index in [-0.39, 0.29) is 0 Å². The molecular weight excluding hydrogens is 184 g/mol. The van der Waals surface area contributed by atoms with Crippen LogP contribution in [-0.4, -0.2) is 23.0 Å². The summed E-state index contributed by atoms with van der Waals surface area (Å²) in [5.74, 6) is 0. The zero-order valence-electron chi connectivity index (χ0n) is 9.52. The average Bonchev–Trinajstić information content (AvgIpc) is 2.31. The van der Waals surface area contributed by atoms with Gasteiger partial charge in [0.25, 0.3) is 0 Å². The van der Waals surface area contributed by atoms with Gasteiger partial charge in [-0.15, -0.1) is 0 Å². The van der Waals surface area contributed by atoms with Crippen molar-refractivity contribution in [1.29, 1.82) is 0 Å². The predicted molar refractivity (Wildman–Crippen MR) is 62.7 cm³/mol. The maximum Gasteiger partial charge on any atom is 0.0349 e. The third kappa shape index (κ3) is 2.57. The van der Waals surface area contributed by atoms with E-state index in [4.69, 9.17) is 0 Å². The molecule has 1 saturated heterocycles. The van der Waals surface area contributed by atoms with Crippen molar-refractivity contribution in [3.63, 3.8) is 0 Å². The number of nitrogens with zero attached hydrogens (tertiary/aromatic N) is 2. The molecule has 0 bridgehead atoms. The van der Waals surface area contributed by atoms with Crippen molar-refractivity contribution < 1.29 is 0 Å². The van der Waals surface area contributed by atoms with E-state index in [1.165, 1.54) is 44.3 Å². The summed E-state index contributed by atoms with van der Waals surface area (Å²) in [5, 5.41) is 0. The van der Waals surface area contributed by atoms with Crippen LogP contribution >= 0.6 is 0 Å². The second-order valence-electron chi connectivity index (χ2n) is 4.33. The molecule has 15 heavy (non-hydrogen) atoms. The molecular formula is C13H20N2. The molecule has 1 aliphatic rings. The van der Waals surface area contributed by atoms with Gasteiger partial charge in [0.2, 0.25) is 0 Å². The summed E-state index contributed by atoms with van der Waals surface area (Å²) in [4.78, 5) is 6.72. The van der Waals surface area contributed by atoms with Crippen molar-refractivity contribution in [2.24, 2.45) is 0 Å². The van der Waals surface area contributed by atoms with Gasteiger partial charge in [-0.3, -0.25) is 9.88 Å². The zero-order chi connectivity index (χ0) is 10.5. The molecule has 1 aromatic rings. The van der Waals surface area contributed by atoms with E-state index in [0.29, 0.717) is 6.04 Å². The molecule has 0 amide bonds. The Kier molecular flexibility index (Phi) is 3.73. The molecule has 1 aromatic heterocycles. The third-order valence-electron chi connectivity index (χ3n) is 3.22. The van der Waals surface area contributed by atoms with Gasteiger partial charge in [-0.25, -0.2) is 0 Å². The van der Waals surface area contributed by atoms with E-state index < -0.39 is 0 Å². The monoisotopic (exact) mass is 204 g/mol. The van der Waals surface area contributed by atoms with Gasteiger partial charge in [0, 0.05) is 18.4 Å². The van der Waals surface area contributed by atoms with E-state index in [0.717, 1.165) is 0 Å². The summed E-state index contributed by atoms with van der Waals surface area (Å²) in [5.41, 5.74) is 1.44. The first-order valence-electron chi connectivity index (χ1n) is 6.06. The number of likely N-dealkylation sites (tertiary alicyclic amines) is 1. The first-order chi connectivity index (χ1) is 7.42. The summed E-state index contributed by atoms with van der Waals surface area (Å²) < 4.78 is 0. The van der Waals surface area contributed by atoms with Crippen LogP contribution in [0.25, 0.3) is 0 Å². The van der Waals surface area contributed by atoms with E-state index in [9.17, 15) is 0 Å². The molecule has 0 aromatic carbocycles. The molecule has 0 saturated carbocycles. The lowest BCUT2D eigenvalue weighted by atomic mass is 9.96. The summed E-state index contributed by atoms with van der Waals surface area (Å²) in [6.45, 7) is 4.76. The van der Waals surface area contributed by atoms with Crippen molar-refractivity contribution in [3.8, 4) is 0 Å². The molecule has 2 nitrogen and oxygen atoms in total. The third-order valence-corrected chi connectivity index (χ3v) is 3.22. The minimum absolute atomic E-state index is 0.640. The minimum Gasteiger partial charge on any atom is -0.296 e. The summed E-state index contributed by atoms with van der Waals surface area (Å²) in [7, 11) is 0. The van der Waals surface area contributed by atoms with Crippen LogP contribution in [0.15, 0.2) is 24.5 Å². The van der Waals surface area contributed by atoms with Gasteiger partial charge < -0.3 is 0 Å². The molecule has 0 radical (unpaired) electrons. The van der Waals surface area contributed by atoms with Gasteiger partial charge >= 0.3 is 0 Å². The van der Waals surface area contributed by atoms with Crippen molar-refractivity contribution in [3.05, 3.63) is 30.1 Å². The van der Waals surface area contributed by atoms with Gasteiger partial charge in [0.15, 0.2) is 0 Å². The van der Waals surface area contributed by atoms with Crippen molar-refractivity contribution in [2.75, 3.05) is 13.1 Å². The Morgan fingerprint density at radius 1 is 1.33 bits per heavy atom. The largest absolute Gasteiger partial charge is 0.296 e. The number of aromatic nitrogens is 1. The lowest BCUT2D eigenvalue weighted by Gasteiger charge is -2.35. The van der Waals surface area contributed by atoms with Crippen LogP contribution in [0, 0.1) is 0 Å². The van der Waals surface area contributed by atoms with Crippen LogP contribution in [0.3, 0.4) is 0 Å². The highest BCUT2D eigenvalue weighted by Crippen LogP contribution is 2.30. The summed E-state index contributed by atoms with van der Waals surface area (Å²) in [6.07, 6.45) is 9.11. The van der Waals surface area contributed by atoms with Crippen molar-refractivity contribution in [1.82, 2.24) is 9.88 Å². The van der Waals surface area contributed by atoms with Crippen LogP contribution < -0.4 is 0 Å². The quantitative estimate of drug-likeness (QED) is 0.752. The number of rotatable bonds is 3. The topological polar surface area (TPSA) is 16.1 Å². The van der Waals surface area contributed by atoms with Crippen molar-refractivity contribution in [2.45, 2.75) is 38.6 Å². The highest BCUT2D eigenvalue weighted by Gasteiger charge is 2.22. The first-order valence-corrected chi connectivity index (χ1v) is 6.06. The standard InChI is InChI=1S/C13H20N2/c1-2-10-15-11-4-3-5-13(15)12-6-8-14-9-7-12/h6-9,13H,2-5,10-11H2,1H3/t13-/m1/s1. The second kappa shape index (κ2) is 5.26. The Hall–Kier alpha value is -0.890. The molecule has 0 N–H and O–H groups in total. The lowest BCUT2D eigenvalue weighted by molar-refractivity contribution is 0.149. The maximum atomic E-state index is 4.09. The lowest BCUT2D eigenvalue weighted by Crippen LogP contribution is -2.33. The number of hydrogen-bond acceptors (Lipinski definition) is 2. The fourth-order valence-corrected chi connectivity index (χ4v) is 2.51. The molecule has 0 unspecified atom stereocenters. The highest BCUT2D eigenvalue weighted by molar-refractivity contribution is 5.15. The molecule has 1 aliphatic heterocycles. The van der Waals surface area contributed by atoms with E-state index >= 15 is 0 Å². The van der Waals surface area contributed by atoms with E-state index in [2.05, 4.69) is 28.9 Å². The van der Waals surface area contributed by atoms with E-state index in [1.807, 2.05) is 12.4 Å². The van der Waals surface area contributed by atoms with Crippen LogP contribution in [0.2, 0.25) is 0 Å². The van der Waals surface area contributed by atoms with Gasteiger partial charge in [0.1, 0.15) is 0 Å². The Bertz CT molecular complexity index is 282. The van der Waals surface area contributed by atoms with Crippen LogP contribution in [0.4, 0.5) is 0 Å². The maximum absolute atomic E-state index is 4.09. The van der Waals surface area contributed by atoms with Crippen molar-refractivity contribution >= 4 is 0 Å². The summed E-state index contributed by atoms with van der Waals surface area (Å²) in [6, 6.07) is 4.97.